The van der Waals surface area contributed by atoms with Gasteiger partial charge in [0.15, 0.2) is 0 Å². The third-order valence-electron chi connectivity index (χ3n) is 4.97. The molecule has 6 heteroatoms. The summed E-state index contributed by atoms with van der Waals surface area (Å²) in [6.45, 7) is 6.89. The van der Waals surface area contributed by atoms with E-state index in [1.165, 1.54) is 18.6 Å². The zero-order valence-corrected chi connectivity index (χ0v) is 14.8. The van der Waals surface area contributed by atoms with E-state index >= 15 is 0 Å². The minimum atomic E-state index is -0.285. The maximum Gasteiger partial charge on any atom is 0.224 e. The lowest BCUT2D eigenvalue weighted by atomic mass is 10.0. The average Bonchev–Trinajstić information content (AvgIpc) is 3.21. The van der Waals surface area contributed by atoms with Gasteiger partial charge < -0.3 is 5.32 Å². The Morgan fingerprint density at radius 3 is 2.88 bits per heavy atom. The smallest absolute Gasteiger partial charge is 0.224 e. The largest absolute Gasteiger partial charge is 0.354 e. The molecule has 0 unspecified atom stereocenters. The molecule has 5 nitrogen and oxygen atoms in total. The SMILES string of the molecule is CCN1CCC[C@H]1CNC(=O)Cc1c(-c2ccc(F)cc2)n[nH]c1C. The van der Waals surface area contributed by atoms with Crippen molar-refractivity contribution in [3.8, 4) is 11.3 Å². The number of likely N-dealkylation sites (tertiary alicyclic amines) is 1. The van der Waals surface area contributed by atoms with Gasteiger partial charge >= 0.3 is 0 Å². The number of amides is 1. The van der Waals surface area contributed by atoms with Crippen LogP contribution in [0.5, 0.6) is 0 Å². The average molecular weight is 344 g/mol. The van der Waals surface area contributed by atoms with Crippen molar-refractivity contribution in [3.05, 3.63) is 41.3 Å². The summed E-state index contributed by atoms with van der Waals surface area (Å²) < 4.78 is 13.1. The number of likely N-dealkylation sites (N-methyl/N-ethyl adjacent to an activating group) is 1. The first kappa shape index (κ1) is 17.6. The molecule has 0 aliphatic carbocycles. The Kier molecular flexibility index (Phi) is 5.48. The molecule has 1 amide bonds. The topological polar surface area (TPSA) is 61.0 Å². The van der Waals surface area contributed by atoms with Gasteiger partial charge in [-0.1, -0.05) is 6.92 Å². The molecule has 25 heavy (non-hydrogen) atoms. The molecule has 1 aromatic heterocycles. The molecule has 1 fully saturated rings. The Hall–Kier alpha value is -2.21. The highest BCUT2D eigenvalue weighted by Crippen LogP contribution is 2.24. The minimum Gasteiger partial charge on any atom is -0.354 e. The molecular formula is C19H25FN4O. The third-order valence-corrected chi connectivity index (χ3v) is 4.97. The van der Waals surface area contributed by atoms with Crippen molar-refractivity contribution in [3.63, 3.8) is 0 Å². The number of nitrogens with zero attached hydrogens (tertiary/aromatic N) is 2. The fourth-order valence-electron chi connectivity index (χ4n) is 3.51. The van der Waals surface area contributed by atoms with Crippen LogP contribution < -0.4 is 5.32 Å². The van der Waals surface area contributed by atoms with Gasteiger partial charge in [-0.25, -0.2) is 4.39 Å². The molecule has 134 valence electrons. The van der Waals surface area contributed by atoms with Crippen LogP contribution in [0.3, 0.4) is 0 Å². The molecule has 0 radical (unpaired) electrons. The number of halogens is 1. The normalized spacial score (nSPS) is 17.8. The molecule has 3 rings (SSSR count). The molecule has 1 atom stereocenters. The highest BCUT2D eigenvalue weighted by Gasteiger charge is 2.23. The summed E-state index contributed by atoms with van der Waals surface area (Å²) in [5, 5.41) is 10.3. The van der Waals surface area contributed by atoms with E-state index in [0.717, 1.165) is 36.3 Å². The maximum absolute atomic E-state index is 13.1. The minimum absolute atomic E-state index is 0.00388. The quantitative estimate of drug-likeness (QED) is 0.847. The predicted octanol–water partition coefficient (Wildman–Crippen LogP) is 2.67. The summed E-state index contributed by atoms with van der Waals surface area (Å²) >= 11 is 0. The number of aromatic amines is 1. The molecule has 0 saturated carbocycles. The number of rotatable bonds is 6. The summed E-state index contributed by atoms with van der Waals surface area (Å²) in [4.78, 5) is 14.8. The summed E-state index contributed by atoms with van der Waals surface area (Å²) in [6.07, 6.45) is 2.61. The maximum atomic E-state index is 13.1. The van der Waals surface area contributed by atoms with Crippen molar-refractivity contribution in [1.82, 2.24) is 20.4 Å². The van der Waals surface area contributed by atoms with E-state index in [9.17, 15) is 9.18 Å². The molecule has 2 N–H and O–H groups in total. The number of aromatic nitrogens is 2. The van der Waals surface area contributed by atoms with Crippen LogP contribution in [0.15, 0.2) is 24.3 Å². The molecular weight excluding hydrogens is 319 g/mol. The van der Waals surface area contributed by atoms with Crippen molar-refractivity contribution in [1.29, 1.82) is 0 Å². The summed E-state index contributed by atoms with van der Waals surface area (Å²) in [5.74, 6) is -0.289. The van der Waals surface area contributed by atoms with Crippen LogP contribution in [0.2, 0.25) is 0 Å². The Morgan fingerprint density at radius 2 is 2.16 bits per heavy atom. The molecule has 0 bridgehead atoms. The lowest BCUT2D eigenvalue weighted by molar-refractivity contribution is -0.120. The second kappa shape index (κ2) is 7.78. The van der Waals surface area contributed by atoms with Crippen molar-refractivity contribution in [2.24, 2.45) is 0 Å². The van der Waals surface area contributed by atoms with Crippen molar-refractivity contribution in [2.75, 3.05) is 19.6 Å². The molecule has 1 aliphatic heterocycles. The number of hydrogen-bond donors (Lipinski definition) is 2. The van der Waals surface area contributed by atoms with E-state index in [1.54, 1.807) is 12.1 Å². The Labute approximate surface area is 147 Å². The number of carbonyl (C=O) groups excluding carboxylic acids is 1. The van der Waals surface area contributed by atoms with Gasteiger partial charge in [0, 0.05) is 29.4 Å². The van der Waals surface area contributed by atoms with E-state index in [4.69, 9.17) is 0 Å². The fraction of sp³-hybridized carbons (Fsp3) is 0.474. The van der Waals surface area contributed by atoms with Crippen LogP contribution >= 0.6 is 0 Å². The van der Waals surface area contributed by atoms with Crippen LogP contribution in [0, 0.1) is 12.7 Å². The summed E-state index contributed by atoms with van der Waals surface area (Å²) in [6, 6.07) is 6.62. The van der Waals surface area contributed by atoms with E-state index in [1.807, 2.05) is 6.92 Å². The standard InChI is InChI=1S/C19H25FN4O/c1-3-24-10-4-5-16(24)12-21-18(25)11-17-13(2)22-23-19(17)14-6-8-15(20)9-7-14/h6-9,16H,3-5,10-12H2,1-2H3,(H,21,25)(H,22,23)/t16-/m0/s1. The fourth-order valence-corrected chi connectivity index (χ4v) is 3.51. The van der Waals surface area contributed by atoms with Gasteiger partial charge in [0.05, 0.1) is 12.1 Å². The van der Waals surface area contributed by atoms with Crippen LogP contribution in [0.4, 0.5) is 4.39 Å². The number of nitrogens with one attached hydrogen (secondary N) is 2. The second-order valence-electron chi connectivity index (χ2n) is 6.59. The second-order valence-corrected chi connectivity index (χ2v) is 6.59. The first-order chi connectivity index (χ1) is 12.1. The Morgan fingerprint density at radius 1 is 1.40 bits per heavy atom. The van der Waals surface area contributed by atoms with Gasteiger partial charge in [-0.3, -0.25) is 14.8 Å². The number of aryl methyl sites for hydroxylation is 1. The van der Waals surface area contributed by atoms with Crippen LogP contribution in [0.1, 0.15) is 31.0 Å². The van der Waals surface area contributed by atoms with Gasteiger partial charge in [0.2, 0.25) is 5.91 Å². The molecule has 1 aliphatic rings. The zero-order valence-electron chi connectivity index (χ0n) is 14.8. The summed E-state index contributed by atoms with van der Waals surface area (Å²) in [5.41, 5.74) is 3.25. The first-order valence-corrected chi connectivity index (χ1v) is 8.89. The number of hydrogen-bond acceptors (Lipinski definition) is 3. The monoisotopic (exact) mass is 344 g/mol. The molecule has 1 saturated heterocycles. The van der Waals surface area contributed by atoms with E-state index in [-0.39, 0.29) is 18.1 Å². The van der Waals surface area contributed by atoms with Crippen LogP contribution in [-0.2, 0) is 11.2 Å². The molecule has 2 aromatic rings. The number of benzene rings is 1. The molecule has 0 spiro atoms. The van der Waals surface area contributed by atoms with Gasteiger partial charge in [0.25, 0.3) is 0 Å². The molecule has 1 aromatic carbocycles. The van der Waals surface area contributed by atoms with Gasteiger partial charge in [-0.2, -0.15) is 5.10 Å². The van der Waals surface area contributed by atoms with Crippen LogP contribution in [0.25, 0.3) is 11.3 Å². The van der Waals surface area contributed by atoms with Crippen molar-refractivity contribution in [2.45, 2.75) is 39.2 Å². The summed E-state index contributed by atoms with van der Waals surface area (Å²) in [7, 11) is 0. The highest BCUT2D eigenvalue weighted by molar-refractivity contribution is 5.81. The van der Waals surface area contributed by atoms with Crippen LogP contribution in [-0.4, -0.2) is 46.7 Å². The Balaban J connectivity index is 1.65. The van der Waals surface area contributed by atoms with E-state index in [0.29, 0.717) is 18.3 Å². The first-order valence-electron chi connectivity index (χ1n) is 8.89. The zero-order chi connectivity index (χ0) is 17.8. The number of carbonyl (C=O) groups is 1. The Bertz CT molecular complexity index is 726. The van der Waals surface area contributed by atoms with E-state index in [2.05, 4.69) is 27.3 Å². The lowest BCUT2D eigenvalue weighted by Crippen LogP contribution is -2.40. The highest BCUT2D eigenvalue weighted by atomic mass is 19.1. The van der Waals surface area contributed by atoms with Gasteiger partial charge in [-0.15, -0.1) is 0 Å². The van der Waals surface area contributed by atoms with Gasteiger partial charge in [0.1, 0.15) is 5.82 Å². The lowest BCUT2D eigenvalue weighted by Gasteiger charge is -2.22. The van der Waals surface area contributed by atoms with E-state index < -0.39 is 0 Å². The van der Waals surface area contributed by atoms with Gasteiger partial charge in [-0.05, 0) is 57.1 Å². The number of H-pyrrole nitrogens is 1. The third kappa shape index (κ3) is 4.07. The van der Waals surface area contributed by atoms with Crippen molar-refractivity contribution >= 4 is 5.91 Å². The van der Waals surface area contributed by atoms with Crippen molar-refractivity contribution < 1.29 is 9.18 Å². The molecule has 2 heterocycles. The predicted molar refractivity (Wildman–Crippen MR) is 95.7 cm³/mol.